The van der Waals surface area contributed by atoms with Crippen LogP contribution in [0, 0.1) is 12.3 Å². The zero-order chi connectivity index (χ0) is 7.98. The lowest BCUT2D eigenvalue weighted by Gasteiger charge is -2.11. The summed E-state index contributed by atoms with van der Waals surface area (Å²) in [7, 11) is 1.67. The van der Waals surface area contributed by atoms with Gasteiger partial charge in [-0.3, -0.25) is 4.79 Å². The topological polar surface area (TPSA) is 20.3 Å². The molecule has 0 aliphatic rings. The average molecular weight is 137 g/mol. The van der Waals surface area contributed by atoms with E-state index in [2.05, 4.69) is 12.5 Å². The maximum Gasteiger partial charge on any atom is 0.226 e. The summed E-state index contributed by atoms with van der Waals surface area (Å²) < 4.78 is 0. The predicted molar refractivity (Wildman–Crippen MR) is 41.3 cm³/mol. The van der Waals surface area contributed by atoms with Crippen molar-refractivity contribution in [1.29, 1.82) is 0 Å². The van der Waals surface area contributed by atoms with Crippen molar-refractivity contribution in [2.45, 2.75) is 6.42 Å². The van der Waals surface area contributed by atoms with Crippen LogP contribution in [0.1, 0.15) is 6.42 Å². The number of rotatable bonds is 3. The third kappa shape index (κ3) is 2.93. The highest BCUT2D eigenvalue weighted by Gasteiger charge is 2.02. The van der Waals surface area contributed by atoms with Crippen LogP contribution in [0.15, 0.2) is 12.7 Å². The number of carbonyl (C=O) groups excluding carboxylic acids is 1. The van der Waals surface area contributed by atoms with Crippen molar-refractivity contribution in [3.8, 4) is 12.3 Å². The highest BCUT2D eigenvalue weighted by molar-refractivity contribution is 5.77. The van der Waals surface area contributed by atoms with Gasteiger partial charge in [0.1, 0.15) is 0 Å². The van der Waals surface area contributed by atoms with Crippen LogP contribution >= 0.6 is 0 Å². The first-order chi connectivity index (χ1) is 4.72. The molecule has 1 amide bonds. The molecule has 0 atom stereocenters. The maximum absolute atomic E-state index is 10.9. The Hall–Kier alpha value is -1.23. The van der Waals surface area contributed by atoms with Gasteiger partial charge in [0, 0.05) is 13.5 Å². The fourth-order valence-electron chi connectivity index (χ4n) is 0.504. The molecule has 0 aromatic rings. The molecule has 0 aliphatic heterocycles. The van der Waals surface area contributed by atoms with E-state index in [1.165, 1.54) is 4.90 Å². The Bertz CT molecular complexity index is 167. The summed E-state index contributed by atoms with van der Waals surface area (Å²) in [5.41, 5.74) is 0. The van der Waals surface area contributed by atoms with Crippen LogP contribution in [-0.2, 0) is 4.79 Å². The van der Waals surface area contributed by atoms with E-state index in [0.717, 1.165) is 0 Å². The summed E-state index contributed by atoms with van der Waals surface area (Å²) in [5.74, 6) is 2.38. The molecule has 0 aromatic carbocycles. The van der Waals surface area contributed by atoms with Crippen LogP contribution in [0.2, 0.25) is 0 Å². The highest BCUT2D eigenvalue weighted by atomic mass is 16.2. The molecule has 0 saturated heterocycles. The fraction of sp³-hybridized carbons (Fsp3) is 0.375. The summed E-state index contributed by atoms with van der Waals surface area (Å²) in [6.07, 6.45) is 6.92. The predicted octanol–water partition coefficient (Wildman–Crippen LogP) is 0.654. The second kappa shape index (κ2) is 4.63. The molecular weight excluding hydrogens is 126 g/mol. The van der Waals surface area contributed by atoms with E-state index in [0.29, 0.717) is 13.0 Å². The van der Waals surface area contributed by atoms with Crippen molar-refractivity contribution in [3.63, 3.8) is 0 Å². The molecule has 0 heterocycles. The van der Waals surface area contributed by atoms with Gasteiger partial charge < -0.3 is 4.90 Å². The van der Waals surface area contributed by atoms with Gasteiger partial charge >= 0.3 is 0 Å². The molecule has 0 aliphatic carbocycles. The average Bonchev–Trinajstić information content (AvgIpc) is 1.89. The van der Waals surface area contributed by atoms with Gasteiger partial charge in [-0.05, 0) is 0 Å². The Morgan fingerprint density at radius 1 is 1.90 bits per heavy atom. The van der Waals surface area contributed by atoms with E-state index in [9.17, 15) is 4.79 Å². The molecule has 0 N–H and O–H groups in total. The van der Waals surface area contributed by atoms with Crippen molar-refractivity contribution in [1.82, 2.24) is 4.90 Å². The SMILES string of the molecule is C#CCN(C)C(=O)CC=C. The Balaban J connectivity index is 3.72. The lowest BCUT2D eigenvalue weighted by Crippen LogP contribution is -2.25. The number of hydrogen-bond donors (Lipinski definition) is 0. The fourth-order valence-corrected chi connectivity index (χ4v) is 0.504. The molecule has 0 unspecified atom stereocenters. The molecular formula is C8H11NO. The standard InChI is InChI=1S/C8H11NO/c1-4-6-8(10)9(3)7-5-2/h2,4H,1,6-7H2,3H3. The van der Waals surface area contributed by atoms with Gasteiger partial charge in [-0.1, -0.05) is 12.0 Å². The Labute approximate surface area is 61.5 Å². The number of amides is 1. The van der Waals surface area contributed by atoms with Crippen LogP contribution < -0.4 is 0 Å². The van der Waals surface area contributed by atoms with Crippen molar-refractivity contribution in [2.24, 2.45) is 0 Å². The van der Waals surface area contributed by atoms with Crippen molar-refractivity contribution in [2.75, 3.05) is 13.6 Å². The summed E-state index contributed by atoms with van der Waals surface area (Å²) in [6.45, 7) is 3.81. The molecule has 0 radical (unpaired) electrons. The molecule has 2 nitrogen and oxygen atoms in total. The molecule has 0 bridgehead atoms. The van der Waals surface area contributed by atoms with Crippen LogP contribution in [0.3, 0.4) is 0 Å². The number of terminal acetylenes is 1. The van der Waals surface area contributed by atoms with Crippen LogP contribution in [0.25, 0.3) is 0 Å². The Morgan fingerprint density at radius 2 is 2.50 bits per heavy atom. The minimum atomic E-state index is 0.00736. The second-order valence-corrected chi connectivity index (χ2v) is 1.95. The molecule has 0 aromatic heterocycles. The molecule has 54 valence electrons. The number of nitrogens with zero attached hydrogens (tertiary/aromatic N) is 1. The zero-order valence-corrected chi connectivity index (χ0v) is 6.13. The maximum atomic E-state index is 10.9. The van der Waals surface area contributed by atoms with E-state index in [-0.39, 0.29) is 5.91 Å². The Morgan fingerprint density at radius 3 is 2.90 bits per heavy atom. The van der Waals surface area contributed by atoms with E-state index >= 15 is 0 Å². The lowest BCUT2D eigenvalue weighted by atomic mass is 10.4. The second-order valence-electron chi connectivity index (χ2n) is 1.95. The first-order valence-electron chi connectivity index (χ1n) is 3.00. The monoisotopic (exact) mass is 137 g/mol. The zero-order valence-electron chi connectivity index (χ0n) is 6.13. The summed E-state index contributed by atoms with van der Waals surface area (Å²) >= 11 is 0. The molecule has 0 saturated carbocycles. The minimum absolute atomic E-state index is 0.00736. The third-order valence-electron chi connectivity index (χ3n) is 1.07. The van der Waals surface area contributed by atoms with E-state index in [4.69, 9.17) is 6.42 Å². The molecule has 2 heteroatoms. The van der Waals surface area contributed by atoms with Gasteiger partial charge in [-0.15, -0.1) is 13.0 Å². The van der Waals surface area contributed by atoms with E-state index in [1.807, 2.05) is 0 Å². The molecule has 10 heavy (non-hydrogen) atoms. The van der Waals surface area contributed by atoms with Gasteiger partial charge in [-0.25, -0.2) is 0 Å². The first-order valence-corrected chi connectivity index (χ1v) is 3.00. The van der Waals surface area contributed by atoms with Crippen LogP contribution in [0.5, 0.6) is 0 Å². The minimum Gasteiger partial charge on any atom is -0.334 e. The Kier molecular flexibility index (Phi) is 4.06. The summed E-state index contributed by atoms with van der Waals surface area (Å²) in [6, 6.07) is 0. The summed E-state index contributed by atoms with van der Waals surface area (Å²) in [4.78, 5) is 12.4. The summed E-state index contributed by atoms with van der Waals surface area (Å²) in [5, 5.41) is 0. The van der Waals surface area contributed by atoms with E-state index in [1.54, 1.807) is 13.1 Å². The van der Waals surface area contributed by atoms with Gasteiger partial charge in [-0.2, -0.15) is 0 Å². The van der Waals surface area contributed by atoms with Gasteiger partial charge in [0.2, 0.25) is 5.91 Å². The van der Waals surface area contributed by atoms with Crippen molar-refractivity contribution in [3.05, 3.63) is 12.7 Å². The molecule has 0 spiro atoms. The highest BCUT2D eigenvalue weighted by Crippen LogP contribution is 1.89. The van der Waals surface area contributed by atoms with E-state index < -0.39 is 0 Å². The molecule has 0 fully saturated rings. The van der Waals surface area contributed by atoms with Crippen LogP contribution in [-0.4, -0.2) is 24.4 Å². The smallest absolute Gasteiger partial charge is 0.226 e. The largest absolute Gasteiger partial charge is 0.334 e. The van der Waals surface area contributed by atoms with Gasteiger partial charge in [0.15, 0.2) is 0 Å². The van der Waals surface area contributed by atoms with Gasteiger partial charge in [0.05, 0.1) is 6.54 Å². The quantitative estimate of drug-likeness (QED) is 0.413. The third-order valence-corrected chi connectivity index (χ3v) is 1.07. The van der Waals surface area contributed by atoms with Crippen molar-refractivity contribution >= 4 is 5.91 Å². The normalized spacial score (nSPS) is 8.00. The van der Waals surface area contributed by atoms with Gasteiger partial charge in [0.25, 0.3) is 0 Å². The van der Waals surface area contributed by atoms with Crippen LogP contribution in [0.4, 0.5) is 0 Å². The van der Waals surface area contributed by atoms with Crippen molar-refractivity contribution < 1.29 is 4.79 Å². The number of carbonyl (C=O) groups is 1. The molecule has 0 rings (SSSR count). The first kappa shape index (κ1) is 8.77. The number of hydrogen-bond acceptors (Lipinski definition) is 1. The lowest BCUT2D eigenvalue weighted by molar-refractivity contribution is -0.128.